The van der Waals surface area contributed by atoms with E-state index in [0.29, 0.717) is 0 Å². The van der Waals surface area contributed by atoms with Crippen LogP contribution in [0.2, 0.25) is 0 Å². The Kier molecular flexibility index (Phi) is 16.1. The summed E-state index contributed by atoms with van der Waals surface area (Å²) in [7, 11) is 0. The predicted molar refractivity (Wildman–Crippen MR) is 396 cm³/mol. The summed E-state index contributed by atoms with van der Waals surface area (Å²) in [6, 6.07) is 61.2. The summed E-state index contributed by atoms with van der Waals surface area (Å²) in [5.41, 5.74) is 2.68. The second kappa shape index (κ2) is 24.5. The van der Waals surface area contributed by atoms with Crippen molar-refractivity contribution in [2.45, 2.75) is 118 Å². The van der Waals surface area contributed by atoms with Crippen molar-refractivity contribution in [3.05, 3.63) is 189 Å². The Labute approximate surface area is 536 Å². The molecule has 0 bridgehead atoms. The first-order chi connectivity index (χ1) is 42.3. The van der Waals surface area contributed by atoms with E-state index in [1.807, 2.05) is 90.7 Å². The van der Waals surface area contributed by atoms with Crippen LogP contribution in [0.25, 0.3) is 144 Å². The maximum Gasteiger partial charge on any atom is 0.0455 e. The average molecular weight is 1260 g/mol. The molecule has 0 nitrogen and oxygen atoms in total. The second-order valence-corrected chi connectivity index (χ2v) is 32.1. The highest BCUT2D eigenvalue weighted by Crippen LogP contribution is 2.48. The lowest BCUT2D eigenvalue weighted by molar-refractivity contribution is 0.609. The average Bonchev–Trinajstić information content (AvgIpc) is 1.33. The van der Waals surface area contributed by atoms with Crippen LogP contribution in [0.5, 0.6) is 0 Å². The zero-order valence-electron chi connectivity index (χ0n) is 49.3. The molecular formula is C78H68S8. The Bertz CT molecular complexity index is 4820. The lowest BCUT2D eigenvalue weighted by atomic mass is 9.96. The number of hydrogen-bond donors (Lipinski definition) is 0. The van der Waals surface area contributed by atoms with Gasteiger partial charge in [-0.25, -0.2) is 0 Å². The van der Waals surface area contributed by atoms with Gasteiger partial charge in [0.15, 0.2) is 0 Å². The minimum Gasteiger partial charge on any atom is -0.143 e. The molecule has 16 aromatic rings. The summed E-state index contributed by atoms with van der Waals surface area (Å²) in [5.74, 6) is 0. The standard InChI is InChI=1S/C46H48S4.C32H20S4/c1-3-5-7-9-11-13-15-33-19-27-41(47-33)43-29-31-17-21-37-35-24-26-40-38(36(35)23-25-39(37)45(31)49-43)22-18-32-30-44(50-46(32)40)42-28-20-34(48-42)16-14-12-10-8-6-4-2;1-17-11-27(33-15-17)29-13-19-3-5-23-21-8-10-26-24(22(21)7-9-25(23)31(19)35-29)6-4-20-14-30(36-32(20)26)28-12-18(2)16-34-28/h17-30H,3-16H2,1-2H3;3-16H,1-2H3. The molecule has 0 aliphatic rings. The molecule has 0 saturated carbocycles. The molecule has 16 rings (SSSR count). The molecular weight excluding hydrogens is 1190 g/mol. The van der Waals surface area contributed by atoms with E-state index in [-0.39, 0.29) is 0 Å². The fraction of sp³-hybridized carbons (Fsp3) is 0.231. The molecule has 0 radical (unpaired) electrons. The molecule has 0 unspecified atom stereocenters. The summed E-state index contributed by atoms with van der Waals surface area (Å²) in [6.07, 6.45) is 18.8. The lowest BCUT2D eigenvalue weighted by Crippen LogP contribution is -1.82. The molecule has 0 aliphatic carbocycles. The van der Waals surface area contributed by atoms with Gasteiger partial charge in [0.2, 0.25) is 0 Å². The molecule has 0 amide bonds. The number of hydrogen-bond acceptors (Lipinski definition) is 8. The highest BCUT2D eigenvalue weighted by atomic mass is 32.1. The van der Waals surface area contributed by atoms with E-state index in [4.69, 9.17) is 0 Å². The van der Waals surface area contributed by atoms with Crippen LogP contribution in [0.15, 0.2) is 168 Å². The Morgan fingerprint density at radius 3 is 0.837 bits per heavy atom. The molecule has 428 valence electrons. The first-order valence-corrected chi connectivity index (χ1v) is 37.8. The van der Waals surface area contributed by atoms with E-state index in [2.05, 4.69) is 196 Å². The molecule has 0 N–H and O–H groups in total. The minimum atomic E-state index is 1.22. The Morgan fingerprint density at radius 1 is 0.244 bits per heavy atom. The van der Waals surface area contributed by atoms with Crippen molar-refractivity contribution in [3.63, 3.8) is 0 Å². The molecule has 0 aliphatic heterocycles. The number of aryl methyl sites for hydroxylation is 4. The molecule has 8 aromatic carbocycles. The summed E-state index contributed by atoms with van der Waals surface area (Å²) in [5, 5.41) is 26.2. The van der Waals surface area contributed by atoms with E-state index in [9.17, 15) is 0 Å². The van der Waals surface area contributed by atoms with Gasteiger partial charge in [-0.3, -0.25) is 0 Å². The zero-order chi connectivity index (χ0) is 57.8. The highest BCUT2D eigenvalue weighted by Gasteiger charge is 2.18. The van der Waals surface area contributed by atoms with E-state index in [1.54, 1.807) is 0 Å². The molecule has 8 aromatic heterocycles. The fourth-order valence-electron chi connectivity index (χ4n) is 13.1. The molecule has 0 spiro atoms. The topological polar surface area (TPSA) is 0 Å². The number of fused-ring (bicyclic) bond motifs is 18. The van der Waals surface area contributed by atoms with Crippen LogP contribution in [0.4, 0.5) is 0 Å². The summed E-state index contributed by atoms with van der Waals surface area (Å²) in [6.45, 7) is 8.93. The number of unbranched alkanes of at least 4 members (excludes halogenated alkanes) is 10. The first-order valence-electron chi connectivity index (χ1n) is 31.1. The van der Waals surface area contributed by atoms with Gasteiger partial charge in [0.1, 0.15) is 0 Å². The molecule has 0 saturated heterocycles. The van der Waals surface area contributed by atoms with E-state index >= 15 is 0 Å². The molecule has 0 atom stereocenters. The van der Waals surface area contributed by atoms with Gasteiger partial charge in [0, 0.05) is 89.1 Å². The smallest absolute Gasteiger partial charge is 0.0455 e. The normalized spacial score (nSPS) is 12.1. The lowest BCUT2D eigenvalue weighted by Gasteiger charge is -2.09. The van der Waals surface area contributed by atoms with Crippen LogP contribution >= 0.6 is 90.7 Å². The fourth-order valence-corrected chi connectivity index (χ4v) is 22.1. The number of rotatable bonds is 18. The Morgan fingerprint density at radius 2 is 0.523 bits per heavy atom. The third-order valence-electron chi connectivity index (χ3n) is 17.6. The van der Waals surface area contributed by atoms with Crippen molar-refractivity contribution < 1.29 is 0 Å². The monoisotopic (exact) mass is 1260 g/mol. The molecule has 86 heavy (non-hydrogen) atoms. The maximum absolute atomic E-state index is 2.42. The largest absolute Gasteiger partial charge is 0.143 e. The highest BCUT2D eigenvalue weighted by molar-refractivity contribution is 7.28. The van der Waals surface area contributed by atoms with E-state index in [0.717, 1.165) is 0 Å². The quantitative estimate of drug-likeness (QED) is 0.0593. The third-order valence-corrected chi connectivity index (χ3v) is 27.5. The summed E-state index contributed by atoms with van der Waals surface area (Å²) < 4.78 is 5.60. The van der Waals surface area contributed by atoms with Gasteiger partial charge in [0.25, 0.3) is 0 Å². The van der Waals surface area contributed by atoms with Gasteiger partial charge in [-0.1, -0.05) is 175 Å². The van der Waals surface area contributed by atoms with Gasteiger partial charge in [-0.05, 0) is 187 Å². The first kappa shape index (κ1) is 56.5. The van der Waals surface area contributed by atoms with Crippen molar-refractivity contribution in [1.82, 2.24) is 0 Å². The van der Waals surface area contributed by atoms with Crippen molar-refractivity contribution in [3.8, 4) is 39.0 Å². The van der Waals surface area contributed by atoms with Crippen LogP contribution in [-0.2, 0) is 12.8 Å². The summed E-state index contributed by atoms with van der Waals surface area (Å²) >= 11 is 15.5. The van der Waals surface area contributed by atoms with Gasteiger partial charge < -0.3 is 0 Å². The van der Waals surface area contributed by atoms with Gasteiger partial charge >= 0.3 is 0 Å². The van der Waals surface area contributed by atoms with Crippen molar-refractivity contribution in [2.75, 3.05) is 0 Å². The number of benzene rings is 8. The second-order valence-electron chi connectivity index (χ2n) is 23.8. The molecule has 8 heterocycles. The Hall–Kier alpha value is -6.04. The van der Waals surface area contributed by atoms with E-state index in [1.165, 1.54) is 255 Å². The maximum atomic E-state index is 2.42. The van der Waals surface area contributed by atoms with Crippen molar-refractivity contribution in [2.24, 2.45) is 0 Å². The third kappa shape index (κ3) is 10.9. The van der Waals surface area contributed by atoms with Crippen LogP contribution in [0.1, 0.15) is 112 Å². The molecule has 8 heteroatoms. The van der Waals surface area contributed by atoms with Crippen molar-refractivity contribution >= 4 is 196 Å². The molecule has 0 fully saturated rings. The number of thiophene rings is 8. The zero-order valence-corrected chi connectivity index (χ0v) is 55.9. The Balaban J connectivity index is 0.000000153. The minimum absolute atomic E-state index is 1.22. The van der Waals surface area contributed by atoms with Crippen molar-refractivity contribution in [1.29, 1.82) is 0 Å². The predicted octanol–water partition coefficient (Wildman–Crippen LogP) is 28.5. The van der Waals surface area contributed by atoms with Gasteiger partial charge in [-0.15, -0.1) is 90.7 Å². The van der Waals surface area contributed by atoms with Crippen LogP contribution < -0.4 is 0 Å². The van der Waals surface area contributed by atoms with Crippen LogP contribution in [-0.4, -0.2) is 0 Å². The SMILES string of the molecule is CCCCCCCCc1ccc(-c2cc3ccc4c5ccc6c(ccc7cc(-c8ccc(CCCCCCCC)s8)sc76)c5ccc4c3s2)s1.Cc1csc(-c2cc3ccc4c5ccc6c(ccc7cc(-c8cc(C)cs8)sc76)c5ccc4c3s2)c1. The van der Waals surface area contributed by atoms with Gasteiger partial charge in [-0.2, -0.15) is 0 Å². The van der Waals surface area contributed by atoms with E-state index < -0.39 is 0 Å². The van der Waals surface area contributed by atoms with Crippen LogP contribution in [0.3, 0.4) is 0 Å². The summed E-state index contributed by atoms with van der Waals surface area (Å²) in [4.78, 5) is 14.2. The van der Waals surface area contributed by atoms with Gasteiger partial charge in [0.05, 0.1) is 0 Å². The van der Waals surface area contributed by atoms with Crippen LogP contribution in [0, 0.1) is 13.8 Å².